The van der Waals surface area contributed by atoms with E-state index in [1.807, 2.05) is 6.07 Å². The van der Waals surface area contributed by atoms with Gasteiger partial charge in [-0.05, 0) is 42.5 Å². The van der Waals surface area contributed by atoms with Crippen LogP contribution in [0.4, 0.5) is 18.9 Å². The lowest BCUT2D eigenvalue weighted by Gasteiger charge is -2.18. The number of anilines is 1. The Morgan fingerprint density at radius 1 is 1.14 bits per heavy atom. The van der Waals surface area contributed by atoms with Gasteiger partial charge in [-0.1, -0.05) is 6.07 Å². The van der Waals surface area contributed by atoms with Crippen LogP contribution in [0.25, 0.3) is 0 Å². The average Bonchev–Trinajstić information content (AvgIpc) is 3.34. The smallest absolute Gasteiger partial charge is 0.416 e. The van der Waals surface area contributed by atoms with E-state index in [1.54, 1.807) is 18.2 Å². The number of carbonyl (C=O) groups excluding carboxylic acids is 1. The van der Waals surface area contributed by atoms with Crippen molar-refractivity contribution in [1.29, 1.82) is 0 Å². The molecule has 4 N–H and O–H groups in total. The van der Waals surface area contributed by atoms with Crippen molar-refractivity contribution in [1.82, 2.24) is 15.6 Å². The quantitative estimate of drug-likeness (QED) is 0.379. The molecule has 0 spiro atoms. The van der Waals surface area contributed by atoms with Crippen LogP contribution in [-0.4, -0.2) is 41.5 Å². The Kier molecular flexibility index (Phi) is 5.73. The van der Waals surface area contributed by atoms with Gasteiger partial charge in [0.15, 0.2) is 6.35 Å². The Morgan fingerprint density at radius 3 is 2.71 bits per heavy atom. The van der Waals surface area contributed by atoms with Crippen molar-refractivity contribution in [2.75, 3.05) is 12.4 Å². The number of ether oxygens (including phenoxy) is 2. The van der Waals surface area contributed by atoms with E-state index in [1.165, 1.54) is 31.4 Å². The number of alkyl halides is 3. The number of hydrogen-bond donors (Lipinski definition) is 4. The molecule has 0 radical (unpaired) electrons. The van der Waals surface area contributed by atoms with E-state index in [0.717, 1.165) is 17.7 Å². The Balaban J connectivity index is 1.23. The third kappa shape index (κ3) is 4.73. The number of fused-ring (bicyclic) bond motifs is 3. The minimum absolute atomic E-state index is 0.0506. The van der Waals surface area contributed by atoms with Crippen LogP contribution in [0.5, 0.6) is 17.2 Å². The highest BCUT2D eigenvalue weighted by Gasteiger charge is 2.59. The second-order valence-corrected chi connectivity index (χ2v) is 8.18. The van der Waals surface area contributed by atoms with E-state index in [0.29, 0.717) is 17.2 Å². The molecule has 182 valence electrons. The highest BCUT2D eigenvalue weighted by Crippen LogP contribution is 2.54. The second kappa shape index (κ2) is 8.75. The fourth-order valence-electron chi connectivity index (χ4n) is 4.13. The predicted octanol–water partition coefficient (Wildman–Crippen LogP) is 3.46. The number of aliphatic hydroxyl groups excluding tert-OH is 1. The van der Waals surface area contributed by atoms with Crippen LogP contribution in [0.3, 0.4) is 0 Å². The topological polar surface area (TPSA) is 105 Å². The second-order valence-electron chi connectivity index (χ2n) is 8.18. The lowest BCUT2D eigenvalue weighted by molar-refractivity contribution is -0.137. The van der Waals surface area contributed by atoms with Crippen LogP contribution in [0, 0.1) is 0 Å². The molecule has 4 atom stereocenters. The number of pyridine rings is 1. The molecule has 0 bridgehead atoms. The summed E-state index contributed by atoms with van der Waals surface area (Å²) < 4.78 is 50.5. The number of amides is 1. The lowest BCUT2D eigenvalue weighted by atomic mass is 10.1. The summed E-state index contributed by atoms with van der Waals surface area (Å²) in [4.78, 5) is 15.8. The van der Waals surface area contributed by atoms with Crippen LogP contribution in [0.2, 0.25) is 0 Å². The zero-order valence-corrected chi connectivity index (χ0v) is 18.3. The van der Waals surface area contributed by atoms with Crippen LogP contribution in [0.1, 0.15) is 27.5 Å². The zero-order chi connectivity index (χ0) is 24.7. The number of aliphatic hydroxyl groups is 1. The minimum atomic E-state index is -4.47. The van der Waals surface area contributed by atoms with Gasteiger partial charge in [0.25, 0.3) is 5.91 Å². The Morgan fingerprint density at radius 2 is 1.94 bits per heavy atom. The van der Waals surface area contributed by atoms with Crippen molar-refractivity contribution in [3.05, 3.63) is 77.6 Å². The molecule has 8 nitrogen and oxygen atoms in total. The largest absolute Gasteiger partial charge is 0.488 e. The van der Waals surface area contributed by atoms with Crippen molar-refractivity contribution in [2.24, 2.45) is 0 Å². The van der Waals surface area contributed by atoms with E-state index in [2.05, 4.69) is 20.9 Å². The summed E-state index contributed by atoms with van der Waals surface area (Å²) in [7, 11) is 1.51. The van der Waals surface area contributed by atoms with E-state index in [-0.39, 0.29) is 35.4 Å². The number of rotatable bonds is 7. The van der Waals surface area contributed by atoms with Crippen LogP contribution < -0.4 is 25.4 Å². The molecule has 1 saturated carbocycles. The molecule has 2 aromatic carbocycles. The van der Waals surface area contributed by atoms with Gasteiger partial charge in [0.1, 0.15) is 29.0 Å². The van der Waals surface area contributed by atoms with Crippen molar-refractivity contribution >= 4 is 11.6 Å². The molecular weight excluding hydrogens is 465 g/mol. The first kappa shape index (κ1) is 22.9. The van der Waals surface area contributed by atoms with E-state index >= 15 is 0 Å². The molecule has 1 aliphatic carbocycles. The maximum absolute atomic E-state index is 12.9. The average molecular weight is 486 g/mol. The van der Waals surface area contributed by atoms with Crippen molar-refractivity contribution < 1.29 is 32.5 Å². The summed E-state index contributed by atoms with van der Waals surface area (Å²) in [5, 5.41) is 18.4. The first-order chi connectivity index (χ1) is 16.7. The zero-order valence-electron chi connectivity index (χ0n) is 18.3. The van der Waals surface area contributed by atoms with Gasteiger partial charge in [-0.15, -0.1) is 0 Å². The van der Waals surface area contributed by atoms with Crippen molar-refractivity contribution in [3.8, 4) is 17.2 Å². The van der Waals surface area contributed by atoms with Gasteiger partial charge in [0.2, 0.25) is 0 Å². The molecule has 1 amide bonds. The van der Waals surface area contributed by atoms with Crippen LogP contribution >= 0.6 is 0 Å². The van der Waals surface area contributed by atoms with Crippen LogP contribution in [0.15, 0.2) is 60.8 Å². The monoisotopic (exact) mass is 486 g/mol. The summed E-state index contributed by atoms with van der Waals surface area (Å²) in [5.41, 5.74) is 0.440. The molecule has 3 aromatic rings. The molecule has 11 heteroatoms. The van der Waals surface area contributed by atoms with Gasteiger partial charge in [-0.2, -0.15) is 13.2 Å². The molecule has 0 saturated heterocycles. The number of hydrogen-bond acceptors (Lipinski definition) is 7. The van der Waals surface area contributed by atoms with Gasteiger partial charge in [-0.25, -0.2) is 0 Å². The number of carbonyl (C=O) groups is 1. The van der Waals surface area contributed by atoms with Crippen molar-refractivity contribution in [3.63, 3.8) is 0 Å². The molecule has 1 fully saturated rings. The summed E-state index contributed by atoms with van der Waals surface area (Å²) in [6, 6.07) is 12.9. The predicted molar refractivity (Wildman–Crippen MR) is 119 cm³/mol. The van der Waals surface area contributed by atoms with Gasteiger partial charge >= 0.3 is 6.18 Å². The SMILES string of the molecule is CNC(=O)c1cc(Oc2ccc3c(c2)[C@H]2[C@H](NC(O)Nc4cccc(C(F)(F)F)c4)[C@H]2O3)ccn1. The summed E-state index contributed by atoms with van der Waals surface area (Å²) in [5.74, 6) is 1.30. The normalized spacial score (nSPS) is 20.8. The highest BCUT2D eigenvalue weighted by molar-refractivity contribution is 5.92. The first-order valence-corrected chi connectivity index (χ1v) is 10.8. The number of halogens is 3. The number of benzene rings is 2. The number of nitrogens with zero attached hydrogens (tertiary/aromatic N) is 1. The Bertz CT molecular complexity index is 1270. The molecule has 2 aliphatic rings. The van der Waals surface area contributed by atoms with Gasteiger partial charge in [0, 0.05) is 36.5 Å². The minimum Gasteiger partial charge on any atom is -0.488 e. The Hall–Kier alpha value is -3.83. The third-order valence-electron chi connectivity index (χ3n) is 5.83. The van der Waals surface area contributed by atoms with Crippen molar-refractivity contribution in [2.45, 2.75) is 30.6 Å². The highest BCUT2D eigenvalue weighted by atomic mass is 19.4. The molecule has 5 rings (SSSR count). The van der Waals surface area contributed by atoms with Gasteiger partial charge in [-0.3, -0.25) is 15.1 Å². The number of aromatic nitrogens is 1. The fourth-order valence-corrected chi connectivity index (χ4v) is 4.13. The van der Waals surface area contributed by atoms with Gasteiger partial charge < -0.3 is 25.2 Å². The van der Waals surface area contributed by atoms with Gasteiger partial charge in [0.05, 0.1) is 11.6 Å². The third-order valence-corrected chi connectivity index (χ3v) is 5.83. The standard InChI is InChI=1S/C24H21F3N4O4/c1-28-22(32)17-11-15(7-8-29-17)34-14-5-6-18-16(10-14)19-20(21(19)35-18)31-23(33)30-13-4-2-3-12(9-13)24(25,26)27/h2-11,19-21,23,30-31,33H,1H3,(H,28,32)/t19-,20-,21-,23?/m0/s1. The molecule has 35 heavy (non-hydrogen) atoms. The Labute approximate surface area is 198 Å². The molecule has 1 aliphatic heterocycles. The van der Waals surface area contributed by atoms with Crippen LogP contribution in [-0.2, 0) is 6.18 Å². The number of nitrogens with one attached hydrogen (secondary N) is 3. The molecule has 1 unspecified atom stereocenters. The summed E-state index contributed by atoms with van der Waals surface area (Å²) in [6.45, 7) is 0. The fraction of sp³-hybridized carbons (Fsp3) is 0.250. The molecule has 1 aromatic heterocycles. The molecular formula is C24H21F3N4O4. The first-order valence-electron chi connectivity index (χ1n) is 10.8. The lowest BCUT2D eigenvalue weighted by Crippen LogP contribution is -2.39. The maximum atomic E-state index is 12.9. The molecule has 2 heterocycles. The van der Waals surface area contributed by atoms with E-state index in [9.17, 15) is 23.1 Å². The maximum Gasteiger partial charge on any atom is 0.416 e. The summed E-state index contributed by atoms with van der Waals surface area (Å²) in [6.07, 6.45) is -4.48. The van der Waals surface area contributed by atoms with E-state index < -0.39 is 18.1 Å². The van der Waals surface area contributed by atoms with E-state index in [4.69, 9.17) is 9.47 Å². The summed E-state index contributed by atoms with van der Waals surface area (Å²) >= 11 is 0.